The van der Waals surface area contributed by atoms with Gasteiger partial charge in [0, 0.05) is 17.5 Å². The summed E-state index contributed by atoms with van der Waals surface area (Å²) >= 11 is 0. The second-order valence-corrected chi connectivity index (χ2v) is 3.60. The quantitative estimate of drug-likeness (QED) is 0.757. The third kappa shape index (κ3) is 2.83. The number of benzene rings is 1. The smallest absolute Gasteiger partial charge is 0.336 e. The molecule has 0 bridgehead atoms. The topological polar surface area (TPSA) is 79.9 Å². The second kappa shape index (κ2) is 4.99. The van der Waals surface area contributed by atoms with Gasteiger partial charge in [-0.1, -0.05) is 0 Å². The van der Waals surface area contributed by atoms with Crippen molar-refractivity contribution >= 4 is 11.0 Å². The fourth-order valence-electron chi connectivity index (χ4n) is 1.38. The maximum Gasteiger partial charge on any atom is 0.336 e. The second-order valence-electron chi connectivity index (χ2n) is 3.60. The van der Waals surface area contributed by atoms with Crippen molar-refractivity contribution in [2.45, 2.75) is 6.10 Å². The van der Waals surface area contributed by atoms with Crippen LogP contribution in [-0.2, 0) is 0 Å². The molecule has 0 radical (unpaired) electrons. The first-order chi connectivity index (χ1) is 8.19. The van der Waals surface area contributed by atoms with Gasteiger partial charge in [0.25, 0.3) is 0 Å². The van der Waals surface area contributed by atoms with Crippen LogP contribution in [0, 0.1) is 0 Å². The molecule has 5 heteroatoms. The van der Waals surface area contributed by atoms with Crippen LogP contribution >= 0.6 is 0 Å². The molecule has 5 nitrogen and oxygen atoms in total. The fraction of sp³-hybridized carbons (Fsp3) is 0.250. The Balaban J connectivity index is 2.22. The molecule has 1 heterocycles. The summed E-state index contributed by atoms with van der Waals surface area (Å²) in [5.41, 5.74) is -0.00136. The van der Waals surface area contributed by atoms with Gasteiger partial charge in [0.05, 0.1) is 6.61 Å². The lowest BCUT2D eigenvalue weighted by molar-refractivity contribution is 0.0536. The maximum absolute atomic E-state index is 11.0. The van der Waals surface area contributed by atoms with E-state index in [2.05, 4.69) is 0 Å². The molecule has 0 saturated carbocycles. The predicted molar refractivity (Wildman–Crippen MR) is 61.1 cm³/mol. The summed E-state index contributed by atoms with van der Waals surface area (Å²) in [6, 6.07) is 8.03. The van der Waals surface area contributed by atoms with Gasteiger partial charge in [-0.25, -0.2) is 4.79 Å². The van der Waals surface area contributed by atoms with Crippen LogP contribution in [-0.4, -0.2) is 29.5 Å². The highest BCUT2D eigenvalue weighted by atomic mass is 16.5. The van der Waals surface area contributed by atoms with Crippen LogP contribution in [0.3, 0.4) is 0 Å². The first kappa shape index (κ1) is 11.6. The van der Waals surface area contributed by atoms with Crippen molar-refractivity contribution in [1.29, 1.82) is 0 Å². The van der Waals surface area contributed by atoms with E-state index in [1.807, 2.05) is 0 Å². The van der Waals surface area contributed by atoms with E-state index in [1.54, 1.807) is 24.3 Å². The lowest BCUT2D eigenvalue weighted by Crippen LogP contribution is -2.21. The minimum atomic E-state index is -0.923. The van der Waals surface area contributed by atoms with Gasteiger partial charge in [0.15, 0.2) is 0 Å². The van der Waals surface area contributed by atoms with Gasteiger partial charge < -0.3 is 19.4 Å². The van der Waals surface area contributed by atoms with Crippen molar-refractivity contribution in [3.63, 3.8) is 0 Å². The van der Waals surface area contributed by atoms with E-state index in [-0.39, 0.29) is 13.2 Å². The molecular formula is C12H12O5. The van der Waals surface area contributed by atoms with E-state index in [0.717, 1.165) is 5.39 Å². The predicted octanol–water partition coefficient (Wildman–Crippen LogP) is 0.525. The number of hydrogen-bond donors (Lipinski definition) is 2. The van der Waals surface area contributed by atoms with Gasteiger partial charge in [-0.3, -0.25) is 0 Å². The molecule has 1 atom stereocenters. The van der Waals surface area contributed by atoms with E-state index in [9.17, 15) is 4.79 Å². The third-order valence-electron chi connectivity index (χ3n) is 2.25. The third-order valence-corrected chi connectivity index (χ3v) is 2.25. The Morgan fingerprint density at radius 2 is 2.06 bits per heavy atom. The molecule has 1 aromatic carbocycles. The number of hydrogen-bond acceptors (Lipinski definition) is 5. The highest BCUT2D eigenvalue weighted by Crippen LogP contribution is 2.19. The Morgan fingerprint density at radius 3 is 2.82 bits per heavy atom. The van der Waals surface area contributed by atoms with Gasteiger partial charge in [-0.2, -0.15) is 0 Å². The lowest BCUT2D eigenvalue weighted by Gasteiger charge is -2.09. The van der Waals surface area contributed by atoms with E-state index >= 15 is 0 Å². The van der Waals surface area contributed by atoms with Crippen molar-refractivity contribution in [3.8, 4) is 5.75 Å². The molecule has 0 amide bonds. The molecule has 0 saturated heterocycles. The molecule has 1 unspecified atom stereocenters. The van der Waals surface area contributed by atoms with Gasteiger partial charge >= 0.3 is 5.63 Å². The van der Waals surface area contributed by atoms with Crippen molar-refractivity contribution in [2.75, 3.05) is 13.2 Å². The Morgan fingerprint density at radius 1 is 1.29 bits per heavy atom. The van der Waals surface area contributed by atoms with Crippen molar-refractivity contribution < 1.29 is 19.4 Å². The maximum atomic E-state index is 11.0. The molecule has 1 aromatic heterocycles. The molecule has 0 aliphatic rings. The van der Waals surface area contributed by atoms with Crippen LogP contribution in [0.5, 0.6) is 5.75 Å². The van der Waals surface area contributed by atoms with E-state index in [1.165, 1.54) is 6.07 Å². The van der Waals surface area contributed by atoms with Gasteiger partial charge in [-0.15, -0.1) is 0 Å². The summed E-state index contributed by atoms with van der Waals surface area (Å²) < 4.78 is 10.2. The molecule has 17 heavy (non-hydrogen) atoms. The molecule has 2 rings (SSSR count). The zero-order chi connectivity index (χ0) is 12.3. The van der Waals surface area contributed by atoms with E-state index < -0.39 is 11.7 Å². The largest absolute Gasteiger partial charge is 0.491 e. The lowest BCUT2D eigenvalue weighted by atomic mass is 10.2. The van der Waals surface area contributed by atoms with Crippen LogP contribution in [0.15, 0.2) is 39.5 Å². The first-order valence-electron chi connectivity index (χ1n) is 5.14. The first-order valence-corrected chi connectivity index (χ1v) is 5.14. The molecule has 0 aliphatic heterocycles. The van der Waals surface area contributed by atoms with Gasteiger partial charge in [0.2, 0.25) is 0 Å². The number of rotatable bonds is 4. The number of fused-ring (bicyclic) bond motifs is 1. The molecular weight excluding hydrogens is 224 g/mol. The van der Waals surface area contributed by atoms with Crippen molar-refractivity contribution in [3.05, 3.63) is 40.8 Å². The van der Waals surface area contributed by atoms with Crippen LogP contribution in [0.2, 0.25) is 0 Å². The summed E-state index contributed by atoms with van der Waals surface area (Å²) in [6.45, 7) is -0.373. The number of aliphatic hydroxyl groups is 2. The Hall–Kier alpha value is -1.85. The SMILES string of the molecule is O=c1ccc2ccc(OCC(O)CO)cc2o1. The van der Waals surface area contributed by atoms with Gasteiger partial charge in [0.1, 0.15) is 24.0 Å². The van der Waals surface area contributed by atoms with Crippen molar-refractivity contribution in [2.24, 2.45) is 0 Å². The summed E-state index contributed by atoms with van der Waals surface area (Å²) in [7, 11) is 0. The highest BCUT2D eigenvalue weighted by molar-refractivity contribution is 5.77. The van der Waals surface area contributed by atoms with Crippen LogP contribution in [0.25, 0.3) is 11.0 Å². The van der Waals surface area contributed by atoms with E-state index in [4.69, 9.17) is 19.4 Å². The van der Waals surface area contributed by atoms with Crippen LogP contribution in [0.1, 0.15) is 0 Å². The fourth-order valence-corrected chi connectivity index (χ4v) is 1.38. The molecule has 2 aromatic rings. The number of aliphatic hydroxyl groups excluding tert-OH is 2. The summed E-state index contributed by atoms with van der Waals surface area (Å²) in [5, 5.41) is 18.6. The van der Waals surface area contributed by atoms with E-state index in [0.29, 0.717) is 11.3 Å². The minimum Gasteiger partial charge on any atom is -0.491 e. The molecule has 90 valence electrons. The molecule has 0 aliphatic carbocycles. The van der Waals surface area contributed by atoms with Crippen LogP contribution in [0.4, 0.5) is 0 Å². The monoisotopic (exact) mass is 236 g/mol. The highest BCUT2D eigenvalue weighted by Gasteiger charge is 2.04. The normalized spacial score (nSPS) is 12.6. The van der Waals surface area contributed by atoms with Crippen molar-refractivity contribution in [1.82, 2.24) is 0 Å². The van der Waals surface area contributed by atoms with Gasteiger partial charge in [-0.05, 0) is 18.2 Å². The average molecular weight is 236 g/mol. The number of ether oxygens (including phenoxy) is 1. The molecule has 0 spiro atoms. The zero-order valence-corrected chi connectivity index (χ0v) is 9.00. The molecule has 0 fully saturated rings. The summed E-state index contributed by atoms with van der Waals surface area (Å²) in [4.78, 5) is 11.0. The zero-order valence-electron chi connectivity index (χ0n) is 9.00. The summed E-state index contributed by atoms with van der Waals surface area (Å²) in [6.07, 6.45) is -0.923. The Labute approximate surface area is 96.9 Å². The minimum absolute atomic E-state index is 0.0148. The average Bonchev–Trinajstić information content (AvgIpc) is 2.35. The molecule has 2 N–H and O–H groups in total. The Bertz CT molecular complexity index is 560. The Kier molecular flexibility index (Phi) is 3.41. The standard InChI is InChI=1S/C12H12O5/c13-6-9(14)7-16-10-3-1-8-2-4-12(15)17-11(8)5-10/h1-5,9,13-14H,6-7H2. The van der Waals surface area contributed by atoms with Crippen LogP contribution < -0.4 is 10.4 Å². The summed E-state index contributed by atoms with van der Waals surface area (Å²) in [5.74, 6) is 0.472.